The molecule has 2 aliphatic rings. The summed E-state index contributed by atoms with van der Waals surface area (Å²) in [6, 6.07) is 2.15. The Bertz CT molecular complexity index is 1180. The van der Waals surface area contributed by atoms with E-state index < -0.39 is 11.6 Å². The van der Waals surface area contributed by atoms with Crippen LogP contribution in [-0.4, -0.2) is 67.8 Å². The second-order valence-corrected chi connectivity index (χ2v) is 8.79. The third-order valence-electron chi connectivity index (χ3n) is 6.26. The molecule has 1 N–H and O–H groups in total. The molecule has 1 amide bonds. The van der Waals surface area contributed by atoms with Crippen LogP contribution in [-0.2, 0) is 10.7 Å². The molecule has 11 heteroatoms. The van der Waals surface area contributed by atoms with Gasteiger partial charge in [0.2, 0.25) is 5.91 Å². The van der Waals surface area contributed by atoms with Crippen LogP contribution in [0.25, 0.3) is 16.7 Å². The first-order valence-electron chi connectivity index (χ1n) is 11.2. The topological polar surface area (TPSA) is 92.1 Å². The number of carbonyl (C=O) groups is 1. The summed E-state index contributed by atoms with van der Waals surface area (Å²) in [6.45, 7) is 6.13. The summed E-state index contributed by atoms with van der Waals surface area (Å²) in [5, 5.41) is 8.20. The number of fused-ring (bicyclic) bond motifs is 1. The molecule has 3 aromatic rings. The van der Waals surface area contributed by atoms with Crippen LogP contribution in [0.4, 0.5) is 20.4 Å². The van der Waals surface area contributed by atoms with Gasteiger partial charge in [0.15, 0.2) is 11.6 Å². The van der Waals surface area contributed by atoms with Crippen molar-refractivity contribution in [3.8, 4) is 5.82 Å². The number of rotatable bonds is 5. The van der Waals surface area contributed by atoms with Gasteiger partial charge in [-0.1, -0.05) is 0 Å². The van der Waals surface area contributed by atoms with Gasteiger partial charge in [0, 0.05) is 45.2 Å². The fourth-order valence-corrected chi connectivity index (χ4v) is 4.66. The van der Waals surface area contributed by atoms with Gasteiger partial charge in [-0.05, 0) is 32.4 Å². The number of likely N-dealkylation sites (tertiary alicyclic amines) is 1. The van der Waals surface area contributed by atoms with Gasteiger partial charge in [-0.25, -0.2) is 14.6 Å². The Hall–Kier alpha value is -3.21. The van der Waals surface area contributed by atoms with E-state index in [9.17, 15) is 13.6 Å². The molecule has 0 radical (unpaired) electrons. The van der Waals surface area contributed by atoms with Crippen LogP contribution in [0.3, 0.4) is 0 Å². The first kappa shape index (κ1) is 21.6. The molecule has 5 rings (SSSR count). The van der Waals surface area contributed by atoms with Crippen molar-refractivity contribution in [2.75, 3.05) is 36.4 Å². The van der Waals surface area contributed by atoms with E-state index in [2.05, 4.69) is 30.1 Å². The lowest BCUT2D eigenvalue weighted by Gasteiger charge is -2.23. The average molecular weight is 457 g/mol. The van der Waals surface area contributed by atoms with Gasteiger partial charge in [-0.15, -0.1) is 5.10 Å². The largest absolute Gasteiger partial charge is 0.353 e. The quantitative estimate of drug-likeness (QED) is 0.631. The van der Waals surface area contributed by atoms with Crippen molar-refractivity contribution >= 4 is 28.4 Å². The van der Waals surface area contributed by atoms with Crippen molar-refractivity contribution in [2.45, 2.75) is 45.1 Å². The number of anilines is 2. The SMILES string of the molecule is CC(=O)Nc1cc2c(cn1)c(N1CC[C@@H](N3CCCC3)C1)nn2-c1cncc(C(C)(F)F)n1. The van der Waals surface area contributed by atoms with Gasteiger partial charge < -0.3 is 10.2 Å². The highest BCUT2D eigenvalue weighted by Crippen LogP contribution is 2.33. The predicted octanol–water partition coefficient (Wildman–Crippen LogP) is 2.96. The number of hydrogen-bond donors (Lipinski definition) is 1. The van der Waals surface area contributed by atoms with E-state index in [1.54, 1.807) is 12.3 Å². The van der Waals surface area contributed by atoms with Crippen LogP contribution >= 0.6 is 0 Å². The van der Waals surface area contributed by atoms with Gasteiger partial charge in [-0.2, -0.15) is 8.78 Å². The molecule has 9 nitrogen and oxygen atoms in total. The molecular weight excluding hydrogens is 430 g/mol. The Kier molecular flexibility index (Phi) is 5.43. The fourth-order valence-electron chi connectivity index (χ4n) is 4.66. The molecule has 5 heterocycles. The second kappa shape index (κ2) is 8.29. The first-order valence-corrected chi connectivity index (χ1v) is 11.2. The monoisotopic (exact) mass is 456 g/mol. The lowest BCUT2D eigenvalue weighted by Crippen LogP contribution is -2.35. The minimum atomic E-state index is -3.13. The first-order chi connectivity index (χ1) is 15.8. The van der Waals surface area contributed by atoms with Gasteiger partial charge in [0.1, 0.15) is 11.5 Å². The van der Waals surface area contributed by atoms with E-state index in [0.717, 1.165) is 56.9 Å². The Morgan fingerprint density at radius 1 is 1.18 bits per heavy atom. The summed E-state index contributed by atoms with van der Waals surface area (Å²) >= 11 is 0. The van der Waals surface area contributed by atoms with E-state index in [1.807, 2.05) is 0 Å². The standard InChI is InChI=1S/C22H26F2N8O/c1-14(33)27-19-9-17-16(10-26-19)21(31-8-5-15(13-31)30-6-3-4-7-30)29-32(17)20-12-25-11-18(28-20)22(2,23)24/h9-12,15H,3-8,13H2,1-2H3,(H,26,27,33)/t15-/m1/s1. The molecule has 33 heavy (non-hydrogen) atoms. The van der Waals surface area contributed by atoms with Gasteiger partial charge >= 0.3 is 0 Å². The molecule has 3 aromatic heterocycles. The van der Waals surface area contributed by atoms with Gasteiger partial charge in [-0.3, -0.25) is 14.7 Å². The molecule has 0 saturated carbocycles. The van der Waals surface area contributed by atoms with Crippen LogP contribution in [0.2, 0.25) is 0 Å². The smallest absolute Gasteiger partial charge is 0.288 e. The van der Waals surface area contributed by atoms with E-state index in [0.29, 0.717) is 17.4 Å². The Morgan fingerprint density at radius 2 is 1.97 bits per heavy atom. The lowest BCUT2D eigenvalue weighted by molar-refractivity contribution is -0.114. The van der Waals surface area contributed by atoms with Crippen LogP contribution in [0.15, 0.2) is 24.7 Å². The number of alkyl halides is 2. The number of aromatic nitrogens is 5. The number of halogens is 2. The normalized spacial score (nSPS) is 19.5. The van der Waals surface area contributed by atoms with Crippen molar-refractivity contribution in [2.24, 2.45) is 0 Å². The maximum Gasteiger partial charge on any atom is 0.288 e. The summed E-state index contributed by atoms with van der Waals surface area (Å²) in [7, 11) is 0. The summed E-state index contributed by atoms with van der Waals surface area (Å²) < 4.78 is 29.3. The third-order valence-corrected chi connectivity index (χ3v) is 6.26. The van der Waals surface area contributed by atoms with Crippen LogP contribution in [0, 0.1) is 0 Å². The highest BCUT2D eigenvalue weighted by molar-refractivity contribution is 5.95. The number of amides is 1. The molecule has 1 atom stereocenters. The van der Waals surface area contributed by atoms with Crippen molar-refractivity contribution in [1.82, 2.24) is 29.6 Å². The maximum atomic E-state index is 13.9. The summed E-state index contributed by atoms with van der Waals surface area (Å²) in [5.74, 6) is -2.13. The predicted molar refractivity (Wildman–Crippen MR) is 120 cm³/mol. The summed E-state index contributed by atoms with van der Waals surface area (Å²) in [6.07, 6.45) is 7.64. The van der Waals surface area contributed by atoms with Crippen molar-refractivity contribution in [1.29, 1.82) is 0 Å². The van der Waals surface area contributed by atoms with E-state index >= 15 is 0 Å². The molecule has 2 aliphatic heterocycles. The zero-order chi connectivity index (χ0) is 23.2. The van der Waals surface area contributed by atoms with E-state index in [1.165, 1.54) is 30.6 Å². The number of hydrogen-bond acceptors (Lipinski definition) is 7. The number of nitrogens with one attached hydrogen (secondary N) is 1. The molecule has 2 saturated heterocycles. The van der Waals surface area contributed by atoms with Crippen LogP contribution < -0.4 is 10.2 Å². The molecule has 0 bridgehead atoms. The Balaban J connectivity index is 1.57. The van der Waals surface area contributed by atoms with Crippen molar-refractivity contribution in [3.05, 3.63) is 30.4 Å². The number of nitrogens with zero attached hydrogens (tertiary/aromatic N) is 7. The molecule has 2 fully saturated rings. The molecule has 174 valence electrons. The highest BCUT2D eigenvalue weighted by Gasteiger charge is 2.32. The lowest BCUT2D eigenvalue weighted by atomic mass is 10.2. The molecular formula is C22H26F2N8O. The fraction of sp³-hybridized carbons (Fsp3) is 0.500. The molecule has 0 aliphatic carbocycles. The average Bonchev–Trinajstić information content (AvgIpc) is 3.51. The summed E-state index contributed by atoms with van der Waals surface area (Å²) in [5.41, 5.74) is 0.177. The van der Waals surface area contributed by atoms with Gasteiger partial charge in [0.25, 0.3) is 5.92 Å². The van der Waals surface area contributed by atoms with E-state index in [-0.39, 0.29) is 11.7 Å². The Morgan fingerprint density at radius 3 is 2.70 bits per heavy atom. The van der Waals surface area contributed by atoms with Crippen molar-refractivity contribution in [3.63, 3.8) is 0 Å². The van der Waals surface area contributed by atoms with Crippen molar-refractivity contribution < 1.29 is 13.6 Å². The van der Waals surface area contributed by atoms with Crippen LogP contribution in [0.5, 0.6) is 0 Å². The van der Waals surface area contributed by atoms with Crippen LogP contribution in [0.1, 0.15) is 38.8 Å². The van der Waals surface area contributed by atoms with Gasteiger partial charge in [0.05, 0.1) is 23.3 Å². The second-order valence-electron chi connectivity index (χ2n) is 8.79. The Labute approximate surface area is 189 Å². The summed E-state index contributed by atoms with van der Waals surface area (Å²) in [4.78, 5) is 28.7. The number of carbonyl (C=O) groups excluding carboxylic acids is 1. The number of pyridine rings is 1. The highest BCUT2D eigenvalue weighted by atomic mass is 19.3. The third kappa shape index (κ3) is 4.24. The zero-order valence-corrected chi connectivity index (χ0v) is 18.6. The maximum absolute atomic E-state index is 13.9. The minimum Gasteiger partial charge on any atom is -0.353 e. The zero-order valence-electron chi connectivity index (χ0n) is 18.6. The molecule has 0 aromatic carbocycles. The van der Waals surface area contributed by atoms with E-state index in [4.69, 9.17) is 5.10 Å². The molecule has 0 unspecified atom stereocenters. The molecule has 0 spiro atoms. The minimum absolute atomic E-state index is 0.181.